The van der Waals surface area contributed by atoms with Gasteiger partial charge in [-0.05, 0) is 58.2 Å². The maximum absolute atomic E-state index is 11.8. The maximum atomic E-state index is 11.8. The summed E-state index contributed by atoms with van der Waals surface area (Å²) in [6.45, 7) is 5.41. The van der Waals surface area contributed by atoms with Gasteiger partial charge in [-0.1, -0.05) is 0 Å². The SMILES string of the molecule is CNC(=O)C(C)N1CCCC1C1CCNCC1. The van der Waals surface area contributed by atoms with Crippen LogP contribution in [0.3, 0.4) is 0 Å². The number of likely N-dealkylation sites (tertiary alicyclic amines) is 1. The third kappa shape index (κ3) is 2.80. The number of hydrogen-bond acceptors (Lipinski definition) is 3. The zero-order chi connectivity index (χ0) is 12.3. The van der Waals surface area contributed by atoms with Crippen molar-refractivity contribution in [3.05, 3.63) is 0 Å². The lowest BCUT2D eigenvalue weighted by Gasteiger charge is -2.36. The molecule has 0 aromatic carbocycles. The lowest BCUT2D eigenvalue weighted by atomic mass is 9.88. The Morgan fingerprint density at radius 2 is 2.06 bits per heavy atom. The highest BCUT2D eigenvalue weighted by molar-refractivity contribution is 5.81. The summed E-state index contributed by atoms with van der Waals surface area (Å²) in [5.41, 5.74) is 0. The summed E-state index contributed by atoms with van der Waals surface area (Å²) < 4.78 is 0. The maximum Gasteiger partial charge on any atom is 0.236 e. The third-order valence-corrected chi connectivity index (χ3v) is 4.39. The summed E-state index contributed by atoms with van der Waals surface area (Å²) in [5.74, 6) is 0.941. The third-order valence-electron chi connectivity index (χ3n) is 4.39. The standard InChI is InChI=1S/C13H25N3O/c1-10(13(17)14-2)16-9-3-4-12(16)11-5-7-15-8-6-11/h10-12,15H,3-9H2,1-2H3,(H,14,17). The molecule has 0 bridgehead atoms. The predicted molar refractivity (Wildman–Crippen MR) is 68.9 cm³/mol. The lowest BCUT2D eigenvalue weighted by Crippen LogP contribution is -2.50. The number of hydrogen-bond donors (Lipinski definition) is 2. The number of carbonyl (C=O) groups excluding carboxylic acids is 1. The Morgan fingerprint density at radius 3 is 2.71 bits per heavy atom. The molecular formula is C13H25N3O. The van der Waals surface area contributed by atoms with E-state index >= 15 is 0 Å². The number of rotatable bonds is 3. The first-order valence-electron chi connectivity index (χ1n) is 6.92. The molecule has 98 valence electrons. The first-order chi connectivity index (χ1) is 8.24. The monoisotopic (exact) mass is 239 g/mol. The average molecular weight is 239 g/mol. The Kier molecular flexibility index (Phi) is 4.40. The van der Waals surface area contributed by atoms with Gasteiger partial charge in [0.2, 0.25) is 5.91 Å². The van der Waals surface area contributed by atoms with Gasteiger partial charge in [0.05, 0.1) is 6.04 Å². The smallest absolute Gasteiger partial charge is 0.236 e. The van der Waals surface area contributed by atoms with E-state index in [2.05, 4.69) is 15.5 Å². The fraction of sp³-hybridized carbons (Fsp3) is 0.923. The minimum absolute atomic E-state index is 0.0300. The van der Waals surface area contributed by atoms with Crippen LogP contribution in [0.15, 0.2) is 0 Å². The molecule has 0 aromatic rings. The Labute approximate surface area is 104 Å². The van der Waals surface area contributed by atoms with Gasteiger partial charge in [0, 0.05) is 13.1 Å². The van der Waals surface area contributed by atoms with Gasteiger partial charge in [0.15, 0.2) is 0 Å². The van der Waals surface area contributed by atoms with Crippen molar-refractivity contribution in [2.75, 3.05) is 26.7 Å². The van der Waals surface area contributed by atoms with E-state index < -0.39 is 0 Å². The van der Waals surface area contributed by atoms with E-state index in [1.807, 2.05) is 6.92 Å². The van der Waals surface area contributed by atoms with Crippen molar-refractivity contribution in [1.82, 2.24) is 15.5 Å². The molecule has 0 spiro atoms. The second kappa shape index (κ2) is 5.83. The van der Waals surface area contributed by atoms with Crippen LogP contribution in [0, 0.1) is 5.92 Å². The Hall–Kier alpha value is -0.610. The highest BCUT2D eigenvalue weighted by atomic mass is 16.2. The molecule has 0 radical (unpaired) electrons. The molecule has 0 aliphatic carbocycles. The molecule has 1 amide bonds. The van der Waals surface area contributed by atoms with Gasteiger partial charge in [-0.25, -0.2) is 0 Å². The fourth-order valence-corrected chi connectivity index (χ4v) is 3.39. The molecule has 2 N–H and O–H groups in total. The number of carbonyl (C=O) groups is 1. The first-order valence-corrected chi connectivity index (χ1v) is 6.92. The summed E-state index contributed by atoms with van der Waals surface area (Å²) in [5, 5.41) is 6.19. The van der Waals surface area contributed by atoms with Crippen molar-refractivity contribution in [2.24, 2.45) is 5.92 Å². The molecule has 4 heteroatoms. The van der Waals surface area contributed by atoms with Crippen molar-refractivity contribution in [2.45, 2.75) is 44.7 Å². The Morgan fingerprint density at radius 1 is 1.35 bits per heavy atom. The van der Waals surface area contributed by atoms with Crippen molar-refractivity contribution < 1.29 is 4.79 Å². The number of likely N-dealkylation sites (N-methyl/N-ethyl adjacent to an activating group) is 1. The lowest BCUT2D eigenvalue weighted by molar-refractivity contribution is -0.126. The van der Waals surface area contributed by atoms with E-state index in [4.69, 9.17) is 0 Å². The summed E-state index contributed by atoms with van der Waals surface area (Å²) in [6.07, 6.45) is 5.05. The van der Waals surface area contributed by atoms with E-state index in [9.17, 15) is 4.79 Å². The number of piperidine rings is 1. The summed E-state index contributed by atoms with van der Waals surface area (Å²) in [7, 11) is 1.73. The van der Waals surface area contributed by atoms with Crippen LogP contribution in [0.2, 0.25) is 0 Å². The number of amides is 1. The molecule has 2 atom stereocenters. The number of nitrogens with one attached hydrogen (secondary N) is 2. The van der Waals surface area contributed by atoms with E-state index in [-0.39, 0.29) is 11.9 Å². The van der Waals surface area contributed by atoms with Crippen LogP contribution in [0.25, 0.3) is 0 Å². The first kappa shape index (κ1) is 12.8. The fourth-order valence-electron chi connectivity index (χ4n) is 3.39. The second-order valence-corrected chi connectivity index (χ2v) is 5.33. The van der Waals surface area contributed by atoms with Gasteiger partial charge in [0.1, 0.15) is 0 Å². The second-order valence-electron chi connectivity index (χ2n) is 5.33. The van der Waals surface area contributed by atoms with Gasteiger partial charge in [-0.3, -0.25) is 9.69 Å². The van der Waals surface area contributed by atoms with Crippen molar-refractivity contribution >= 4 is 5.91 Å². The predicted octanol–water partition coefficient (Wildman–Crippen LogP) is 0.585. The van der Waals surface area contributed by atoms with E-state index in [0.29, 0.717) is 6.04 Å². The highest BCUT2D eigenvalue weighted by Gasteiger charge is 2.36. The molecule has 2 unspecified atom stereocenters. The molecule has 2 heterocycles. The molecule has 2 rings (SSSR count). The van der Waals surface area contributed by atoms with Crippen LogP contribution in [-0.4, -0.2) is 49.6 Å². The summed E-state index contributed by atoms with van der Waals surface area (Å²) in [6, 6.07) is 0.659. The minimum atomic E-state index is 0.0300. The average Bonchev–Trinajstić information content (AvgIpc) is 2.87. The molecule has 2 aliphatic heterocycles. The van der Waals surface area contributed by atoms with Crippen LogP contribution >= 0.6 is 0 Å². The van der Waals surface area contributed by atoms with Crippen LogP contribution < -0.4 is 10.6 Å². The molecule has 2 fully saturated rings. The van der Waals surface area contributed by atoms with Gasteiger partial charge in [0.25, 0.3) is 0 Å². The summed E-state index contributed by atoms with van der Waals surface area (Å²) in [4.78, 5) is 14.2. The highest BCUT2D eigenvalue weighted by Crippen LogP contribution is 2.30. The van der Waals surface area contributed by atoms with Gasteiger partial charge >= 0.3 is 0 Å². The minimum Gasteiger partial charge on any atom is -0.358 e. The largest absolute Gasteiger partial charge is 0.358 e. The molecule has 2 aliphatic rings. The van der Waals surface area contributed by atoms with Gasteiger partial charge < -0.3 is 10.6 Å². The topological polar surface area (TPSA) is 44.4 Å². The van der Waals surface area contributed by atoms with E-state index in [1.165, 1.54) is 25.7 Å². The molecule has 4 nitrogen and oxygen atoms in total. The molecule has 0 aromatic heterocycles. The van der Waals surface area contributed by atoms with E-state index in [0.717, 1.165) is 25.6 Å². The zero-order valence-electron chi connectivity index (χ0n) is 11.0. The van der Waals surface area contributed by atoms with Gasteiger partial charge in [-0.2, -0.15) is 0 Å². The normalized spacial score (nSPS) is 29.2. The number of nitrogens with zero attached hydrogens (tertiary/aromatic N) is 1. The summed E-state index contributed by atoms with van der Waals surface area (Å²) >= 11 is 0. The van der Waals surface area contributed by atoms with Crippen LogP contribution in [0.4, 0.5) is 0 Å². The Bertz CT molecular complexity index is 263. The van der Waals surface area contributed by atoms with Crippen molar-refractivity contribution in [3.8, 4) is 0 Å². The zero-order valence-corrected chi connectivity index (χ0v) is 11.0. The van der Waals surface area contributed by atoms with Crippen LogP contribution in [0.5, 0.6) is 0 Å². The Balaban J connectivity index is 1.98. The van der Waals surface area contributed by atoms with E-state index in [1.54, 1.807) is 7.05 Å². The van der Waals surface area contributed by atoms with Crippen LogP contribution in [-0.2, 0) is 4.79 Å². The van der Waals surface area contributed by atoms with Crippen LogP contribution in [0.1, 0.15) is 32.6 Å². The van der Waals surface area contributed by atoms with Gasteiger partial charge in [-0.15, -0.1) is 0 Å². The van der Waals surface area contributed by atoms with Crippen molar-refractivity contribution in [1.29, 1.82) is 0 Å². The molecule has 2 saturated heterocycles. The molecular weight excluding hydrogens is 214 g/mol. The quantitative estimate of drug-likeness (QED) is 0.757. The molecule has 17 heavy (non-hydrogen) atoms. The molecule has 0 saturated carbocycles. The van der Waals surface area contributed by atoms with Crippen molar-refractivity contribution in [3.63, 3.8) is 0 Å².